The summed E-state index contributed by atoms with van der Waals surface area (Å²) >= 11 is 0. The number of benzene rings is 2. The lowest BCUT2D eigenvalue weighted by atomic mass is 10.1. The van der Waals surface area contributed by atoms with E-state index in [0.29, 0.717) is 22.7 Å². The molecule has 0 aliphatic rings. The summed E-state index contributed by atoms with van der Waals surface area (Å²) in [6, 6.07) is 9.40. The molecule has 0 bridgehead atoms. The largest absolute Gasteiger partial charge is 0.497 e. The van der Waals surface area contributed by atoms with Gasteiger partial charge in [-0.15, -0.1) is 0 Å². The molecule has 0 saturated heterocycles. The fraction of sp³-hybridized carbons (Fsp3) is 0.278. The number of Topliss-reactive ketones (excluding diaryl/α,β-unsaturated/α-hetero) is 1. The van der Waals surface area contributed by atoms with Crippen LogP contribution in [-0.2, 0) is 0 Å². The van der Waals surface area contributed by atoms with Gasteiger partial charge >= 0.3 is 0 Å². The molecule has 0 saturated carbocycles. The lowest BCUT2D eigenvalue weighted by Gasteiger charge is -2.17. The van der Waals surface area contributed by atoms with Crippen LogP contribution < -0.4 is 14.8 Å². The molecule has 0 fully saturated rings. The number of methoxy groups -OCH3 is 2. The van der Waals surface area contributed by atoms with E-state index in [4.69, 9.17) is 9.47 Å². The van der Waals surface area contributed by atoms with E-state index in [2.05, 4.69) is 5.32 Å². The molecule has 2 N–H and O–H groups in total. The predicted octanol–water partition coefficient (Wildman–Crippen LogP) is 3.19. The molecule has 0 aliphatic carbocycles. The van der Waals surface area contributed by atoms with E-state index >= 15 is 0 Å². The fourth-order valence-corrected chi connectivity index (χ4v) is 2.38. The molecule has 0 aromatic heterocycles. The number of ketones is 1. The van der Waals surface area contributed by atoms with Crippen molar-refractivity contribution in [2.75, 3.05) is 26.1 Å². The molecule has 6 heteroatoms. The number of rotatable bonds is 7. The maximum absolute atomic E-state index is 13.8. The molecule has 0 radical (unpaired) electrons. The number of ether oxygens (including phenoxy) is 2. The van der Waals surface area contributed by atoms with Crippen LogP contribution in [0.5, 0.6) is 11.5 Å². The molecule has 0 aliphatic heterocycles. The van der Waals surface area contributed by atoms with Gasteiger partial charge < -0.3 is 19.9 Å². The molecule has 2 aromatic rings. The van der Waals surface area contributed by atoms with Crippen LogP contribution in [-0.4, -0.2) is 31.7 Å². The molecule has 0 spiro atoms. The summed E-state index contributed by atoms with van der Waals surface area (Å²) in [5.41, 5.74) is 0.906. The number of anilines is 1. The first-order valence-corrected chi connectivity index (χ1v) is 7.40. The Hall–Kier alpha value is -2.60. The minimum atomic E-state index is -0.892. The standard InChI is InChI=1S/C18H20FNO4/c1-11(21)18-15(19)5-4-6-16(18)20-10-17(22)12-7-13(23-2)9-14(8-12)24-3/h4-9,17,20,22H,10H2,1-3H3. The Balaban J connectivity index is 2.18. The van der Waals surface area contributed by atoms with Gasteiger partial charge in [0.15, 0.2) is 5.78 Å². The van der Waals surface area contributed by atoms with E-state index < -0.39 is 11.9 Å². The topological polar surface area (TPSA) is 67.8 Å². The zero-order chi connectivity index (χ0) is 17.7. The number of carbonyl (C=O) groups excluding carboxylic acids is 1. The Labute approximate surface area is 140 Å². The zero-order valence-electron chi connectivity index (χ0n) is 13.8. The van der Waals surface area contributed by atoms with Crippen molar-refractivity contribution >= 4 is 11.5 Å². The predicted molar refractivity (Wildman–Crippen MR) is 89.4 cm³/mol. The minimum Gasteiger partial charge on any atom is -0.497 e. The van der Waals surface area contributed by atoms with Crippen molar-refractivity contribution in [1.29, 1.82) is 0 Å². The second-order valence-corrected chi connectivity index (χ2v) is 5.26. The van der Waals surface area contributed by atoms with Gasteiger partial charge in [0.25, 0.3) is 0 Å². The first-order chi connectivity index (χ1) is 11.5. The Morgan fingerprint density at radius 2 is 1.83 bits per heavy atom. The van der Waals surface area contributed by atoms with Crippen LogP contribution in [0.3, 0.4) is 0 Å². The second kappa shape index (κ2) is 7.79. The van der Waals surface area contributed by atoms with Crippen molar-refractivity contribution < 1.29 is 23.8 Å². The van der Waals surface area contributed by atoms with Crippen LogP contribution in [0.25, 0.3) is 0 Å². The van der Waals surface area contributed by atoms with E-state index in [1.165, 1.54) is 33.3 Å². The lowest BCUT2D eigenvalue weighted by molar-refractivity contribution is 0.101. The number of hydrogen-bond donors (Lipinski definition) is 2. The maximum Gasteiger partial charge on any atom is 0.164 e. The third-order valence-corrected chi connectivity index (χ3v) is 3.61. The summed E-state index contributed by atoms with van der Waals surface area (Å²) in [7, 11) is 3.05. The van der Waals surface area contributed by atoms with E-state index in [1.54, 1.807) is 24.3 Å². The quantitative estimate of drug-likeness (QED) is 0.762. The SMILES string of the molecule is COc1cc(OC)cc(C(O)CNc2cccc(F)c2C(C)=O)c1. The van der Waals surface area contributed by atoms with Gasteiger partial charge in [-0.1, -0.05) is 6.07 Å². The molecule has 0 amide bonds. The summed E-state index contributed by atoms with van der Waals surface area (Å²) in [5, 5.41) is 13.3. The molecule has 5 nitrogen and oxygen atoms in total. The number of aliphatic hydroxyl groups excluding tert-OH is 1. The van der Waals surface area contributed by atoms with Crippen molar-refractivity contribution in [3.8, 4) is 11.5 Å². The maximum atomic E-state index is 13.8. The van der Waals surface area contributed by atoms with Crippen LogP contribution in [0.1, 0.15) is 28.9 Å². The van der Waals surface area contributed by atoms with Crippen LogP contribution in [0.15, 0.2) is 36.4 Å². The highest BCUT2D eigenvalue weighted by Crippen LogP contribution is 2.27. The molecule has 128 valence electrons. The Bertz CT molecular complexity index is 711. The molecule has 1 unspecified atom stereocenters. The van der Waals surface area contributed by atoms with Gasteiger partial charge in [-0.3, -0.25) is 4.79 Å². The Morgan fingerprint density at radius 1 is 1.21 bits per heavy atom. The van der Waals surface area contributed by atoms with Crippen molar-refractivity contribution in [2.45, 2.75) is 13.0 Å². The third-order valence-electron chi connectivity index (χ3n) is 3.61. The van der Waals surface area contributed by atoms with Gasteiger partial charge in [0, 0.05) is 18.3 Å². The van der Waals surface area contributed by atoms with Crippen LogP contribution in [0.2, 0.25) is 0 Å². The van der Waals surface area contributed by atoms with Crippen molar-refractivity contribution in [3.63, 3.8) is 0 Å². The minimum absolute atomic E-state index is 0.0204. The third kappa shape index (κ3) is 4.02. The van der Waals surface area contributed by atoms with Gasteiger partial charge in [-0.2, -0.15) is 0 Å². The van der Waals surface area contributed by atoms with E-state index in [1.807, 2.05) is 0 Å². The average molecular weight is 333 g/mol. The lowest BCUT2D eigenvalue weighted by Crippen LogP contribution is -2.15. The molecule has 2 aromatic carbocycles. The van der Waals surface area contributed by atoms with Crippen LogP contribution in [0.4, 0.5) is 10.1 Å². The first kappa shape index (κ1) is 17.7. The fourth-order valence-electron chi connectivity index (χ4n) is 2.38. The highest BCUT2D eigenvalue weighted by atomic mass is 19.1. The number of carbonyl (C=O) groups is 1. The Kier molecular flexibility index (Phi) is 5.76. The summed E-state index contributed by atoms with van der Waals surface area (Å²) in [4.78, 5) is 11.6. The molecular weight excluding hydrogens is 313 g/mol. The van der Waals surface area contributed by atoms with Gasteiger partial charge in [0.1, 0.15) is 17.3 Å². The Morgan fingerprint density at radius 3 is 2.38 bits per heavy atom. The molecule has 24 heavy (non-hydrogen) atoms. The van der Waals surface area contributed by atoms with Gasteiger partial charge in [-0.25, -0.2) is 4.39 Å². The molecular formula is C18H20FNO4. The number of aliphatic hydroxyl groups is 1. The number of hydrogen-bond acceptors (Lipinski definition) is 5. The van der Waals surface area contributed by atoms with Crippen molar-refractivity contribution in [1.82, 2.24) is 0 Å². The normalized spacial score (nSPS) is 11.7. The summed E-state index contributed by atoms with van der Waals surface area (Å²) in [5.74, 6) is 0.135. The van der Waals surface area contributed by atoms with Gasteiger partial charge in [0.2, 0.25) is 0 Å². The average Bonchev–Trinajstić information content (AvgIpc) is 2.58. The zero-order valence-corrected chi connectivity index (χ0v) is 13.8. The van der Waals surface area contributed by atoms with Crippen molar-refractivity contribution in [3.05, 3.63) is 53.3 Å². The van der Waals surface area contributed by atoms with Crippen LogP contribution in [0, 0.1) is 5.82 Å². The molecule has 1 atom stereocenters. The van der Waals surface area contributed by atoms with Gasteiger partial charge in [-0.05, 0) is 36.8 Å². The van der Waals surface area contributed by atoms with E-state index in [9.17, 15) is 14.3 Å². The highest BCUT2D eigenvalue weighted by Gasteiger charge is 2.15. The summed E-state index contributed by atoms with van der Waals surface area (Å²) < 4.78 is 24.1. The second-order valence-electron chi connectivity index (χ2n) is 5.26. The summed E-state index contributed by atoms with van der Waals surface area (Å²) in [6.07, 6.45) is -0.892. The number of halogens is 1. The van der Waals surface area contributed by atoms with Gasteiger partial charge in [0.05, 0.1) is 25.9 Å². The molecule has 0 heterocycles. The monoisotopic (exact) mass is 333 g/mol. The highest BCUT2D eigenvalue weighted by molar-refractivity contribution is 5.99. The smallest absolute Gasteiger partial charge is 0.164 e. The molecule has 2 rings (SSSR count). The summed E-state index contributed by atoms with van der Waals surface area (Å²) in [6.45, 7) is 1.40. The van der Waals surface area contributed by atoms with E-state index in [-0.39, 0.29) is 17.9 Å². The van der Waals surface area contributed by atoms with Crippen molar-refractivity contribution in [2.24, 2.45) is 0 Å². The number of nitrogens with one attached hydrogen (secondary N) is 1. The first-order valence-electron chi connectivity index (χ1n) is 7.40. The van der Waals surface area contributed by atoms with E-state index in [0.717, 1.165) is 0 Å². The van der Waals surface area contributed by atoms with Crippen LogP contribution >= 0.6 is 0 Å².